The number of aryl methyl sites for hydroxylation is 1. The summed E-state index contributed by atoms with van der Waals surface area (Å²) in [6, 6.07) is 18.3. The molecule has 3 aromatic carbocycles. The fourth-order valence-electron chi connectivity index (χ4n) is 3.20. The van der Waals surface area contributed by atoms with Gasteiger partial charge in [0.05, 0.1) is 16.3 Å². The Bertz CT molecular complexity index is 1210. The van der Waals surface area contributed by atoms with Gasteiger partial charge in [0.1, 0.15) is 24.2 Å². The van der Waals surface area contributed by atoms with E-state index in [-0.39, 0.29) is 11.5 Å². The van der Waals surface area contributed by atoms with E-state index in [4.69, 9.17) is 4.74 Å². The first-order valence-electron chi connectivity index (χ1n) is 11.1. The third-order valence-electron chi connectivity index (χ3n) is 5.21. The van der Waals surface area contributed by atoms with E-state index in [2.05, 4.69) is 31.8 Å². The van der Waals surface area contributed by atoms with Crippen molar-refractivity contribution in [1.82, 2.24) is 10.7 Å². The molecule has 0 spiro atoms. The smallest absolute Gasteiger partial charge is 0.262 e. The first kappa shape index (κ1) is 26.1. The Morgan fingerprint density at radius 3 is 2.46 bits per heavy atom. The molecule has 0 radical (unpaired) electrons. The summed E-state index contributed by atoms with van der Waals surface area (Å²) in [7, 11) is 0. The second kappa shape index (κ2) is 12.3. The lowest BCUT2D eigenvalue weighted by Gasteiger charge is -2.20. The molecule has 0 aliphatic heterocycles. The molecule has 182 valence electrons. The lowest BCUT2D eigenvalue weighted by Crippen LogP contribution is -2.48. The Morgan fingerprint density at radius 2 is 1.80 bits per heavy atom. The Morgan fingerprint density at radius 1 is 1.09 bits per heavy atom. The van der Waals surface area contributed by atoms with E-state index >= 15 is 0 Å². The van der Waals surface area contributed by atoms with Gasteiger partial charge in [0, 0.05) is 0 Å². The molecule has 1 unspecified atom stereocenters. The van der Waals surface area contributed by atoms with E-state index in [1.165, 1.54) is 30.0 Å². The van der Waals surface area contributed by atoms with Gasteiger partial charge < -0.3 is 10.1 Å². The van der Waals surface area contributed by atoms with Crippen molar-refractivity contribution >= 4 is 34.0 Å². The number of hydrogen-bond acceptors (Lipinski definition) is 4. The van der Waals surface area contributed by atoms with Gasteiger partial charge >= 0.3 is 0 Å². The molecule has 2 N–H and O–H groups in total. The summed E-state index contributed by atoms with van der Waals surface area (Å²) in [5.74, 6) is -1.37. The van der Waals surface area contributed by atoms with Crippen LogP contribution in [0.4, 0.5) is 4.39 Å². The number of hydrazone groups is 1. The molecule has 3 rings (SSSR count). The normalized spacial score (nSPS) is 11.9. The van der Waals surface area contributed by atoms with Gasteiger partial charge in [-0.05, 0) is 70.2 Å². The SMILES string of the molecule is Cc1ccc(COc2ccc(C=NNC(=O)C(NC(=O)c3ccccc3F)C(C)C)cc2Br)cc1. The van der Waals surface area contributed by atoms with E-state index in [9.17, 15) is 14.0 Å². The van der Waals surface area contributed by atoms with Crippen LogP contribution in [0.3, 0.4) is 0 Å². The molecule has 6 nitrogen and oxygen atoms in total. The van der Waals surface area contributed by atoms with Crippen LogP contribution in [0.5, 0.6) is 5.75 Å². The van der Waals surface area contributed by atoms with Crippen LogP contribution >= 0.6 is 15.9 Å². The molecule has 0 heterocycles. The Balaban J connectivity index is 1.58. The topological polar surface area (TPSA) is 79.8 Å². The van der Waals surface area contributed by atoms with Crippen molar-refractivity contribution in [3.63, 3.8) is 0 Å². The van der Waals surface area contributed by atoms with Crippen LogP contribution < -0.4 is 15.5 Å². The largest absolute Gasteiger partial charge is 0.488 e. The molecule has 3 aromatic rings. The minimum atomic E-state index is -0.886. The van der Waals surface area contributed by atoms with Crippen LogP contribution in [0.2, 0.25) is 0 Å². The number of ether oxygens (including phenoxy) is 1. The minimum Gasteiger partial charge on any atom is -0.488 e. The van der Waals surface area contributed by atoms with Crippen LogP contribution in [0.25, 0.3) is 0 Å². The van der Waals surface area contributed by atoms with E-state index in [0.717, 1.165) is 15.6 Å². The predicted molar refractivity (Wildman–Crippen MR) is 138 cm³/mol. The number of hydrogen-bond donors (Lipinski definition) is 2. The molecule has 0 aromatic heterocycles. The van der Waals surface area contributed by atoms with E-state index < -0.39 is 23.7 Å². The van der Waals surface area contributed by atoms with Gasteiger partial charge in [-0.25, -0.2) is 9.82 Å². The monoisotopic (exact) mass is 539 g/mol. The third kappa shape index (κ3) is 7.48. The highest BCUT2D eigenvalue weighted by atomic mass is 79.9. The highest BCUT2D eigenvalue weighted by Crippen LogP contribution is 2.26. The summed E-state index contributed by atoms with van der Waals surface area (Å²) in [6.45, 7) is 6.04. The maximum absolute atomic E-state index is 13.9. The standard InChI is InChI=1S/C27H27BrFN3O3/c1-17(2)25(31-26(33)21-6-4-5-7-23(21)29)27(34)32-30-15-20-12-13-24(22(28)14-20)35-16-19-10-8-18(3)9-11-19/h4-15,17,25H,16H2,1-3H3,(H,31,33)(H,32,34). The molecule has 0 fully saturated rings. The lowest BCUT2D eigenvalue weighted by molar-refractivity contribution is -0.123. The fraction of sp³-hybridized carbons (Fsp3) is 0.222. The fourth-order valence-corrected chi connectivity index (χ4v) is 3.71. The maximum atomic E-state index is 13.9. The van der Waals surface area contributed by atoms with E-state index in [1.54, 1.807) is 19.9 Å². The number of halogens is 2. The molecule has 0 saturated carbocycles. The Hall–Kier alpha value is -3.52. The van der Waals surface area contributed by atoms with Crippen LogP contribution in [-0.2, 0) is 11.4 Å². The number of rotatable bonds is 9. The van der Waals surface area contributed by atoms with Gasteiger partial charge in [0.15, 0.2) is 0 Å². The predicted octanol–water partition coefficient (Wildman–Crippen LogP) is 5.38. The summed E-state index contributed by atoms with van der Waals surface area (Å²) in [4.78, 5) is 25.0. The molecule has 2 amide bonds. The van der Waals surface area contributed by atoms with Gasteiger partial charge in [0.25, 0.3) is 11.8 Å². The van der Waals surface area contributed by atoms with Crippen molar-refractivity contribution in [2.24, 2.45) is 11.0 Å². The second-order valence-corrected chi connectivity index (χ2v) is 9.23. The molecular formula is C27H27BrFN3O3. The van der Waals surface area contributed by atoms with Crippen molar-refractivity contribution in [1.29, 1.82) is 0 Å². The Kier molecular flexibility index (Phi) is 9.14. The Labute approximate surface area is 212 Å². The number of amides is 2. The zero-order valence-electron chi connectivity index (χ0n) is 19.7. The molecule has 0 aliphatic carbocycles. The van der Waals surface area contributed by atoms with E-state index in [0.29, 0.717) is 12.4 Å². The van der Waals surface area contributed by atoms with Crippen molar-refractivity contribution < 1.29 is 18.7 Å². The van der Waals surface area contributed by atoms with Crippen LogP contribution in [-0.4, -0.2) is 24.1 Å². The van der Waals surface area contributed by atoms with Crippen molar-refractivity contribution in [2.45, 2.75) is 33.4 Å². The summed E-state index contributed by atoms with van der Waals surface area (Å²) < 4.78 is 20.5. The summed E-state index contributed by atoms with van der Waals surface area (Å²) in [5, 5.41) is 6.58. The van der Waals surface area contributed by atoms with Crippen molar-refractivity contribution in [3.8, 4) is 5.75 Å². The highest BCUT2D eigenvalue weighted by molar-refractivity contribution is 9.10. The highest BCUT2D eigenvalue weighted by Gasteiger charge is 2.25. The molecular weight excluding hydrogens is 513 g/mol. The van der Waals surface area contributed by atoms with Crippen molar-refractivity contribution in [3.05, 3.63) is 99.3 Å². The van der Waals surface area contributed by atoms with Gasteiger partial charge in [0.2, 0.25) is 0 Å². The van der Waals surface area contributed by atoms with Crippen LogP contribution in [0, 0.1) is 18.7 Å². The average Bonchev–Trinajstić information content (AvgIpc) is 2.83. The van der Waals surface area contributed by atoms with Gasteiger partial charge in [-0.2, -0.15) is 5.10 Å². The van der Waals surface area contributed by atoms with Gasteiger partial charge in [-0.15, -0.1) is 0 Å². The maximum Gasteiger partial charge on any atom is 0.262 e. The quantitative estimate of drug-likeness (QED) is 0.283. The second-order valence-electron chi connectivity index (χ2n) is 8.37. The van der Waals surface area contributed by atoms with E-state index in [1.807, 2.05) is 49.4 Å². The molecule has 35 heavy (non-hydrogen) atoms. The van der Waals surface area contributed by atoms with Crippen LogP contribution in [0.1, 0.15) is 40.9 Å². The first-order chi connectivity index (χ1) is 16.7. The number of carbonyl (C=O) groups is 2. The summed E-state index contributed by atoms with van der Waals surface area (Å²) >= 11 is 3.50. The van der Waals surface area contributed by atoms with Gasteiger partial charge in [-0.1, -0.05) is 55.8 Å². The third-order valence-corrected chi connectivity index (χ3v) is 5.83. The number of nitrogens with one attached hydrogen (secondary N) is 2. The summed E-state index contributed by atoms with van der Waals surface area (Å²) in [5.41, 5.74) is 5.32. The molecule has 0 saturated heterocycles. The zero-order chi connectivity index (χ0) is 25.4. The zero-order valence-corrected chi connectivity index (χ0v) is 21.3. The van der Waals surface area contributed by atoms with Crippen LogP contribution in [0.15, 0.2) is 76.3 Å². The van der Waals surface area contributed by atoms with Crippen molar-refractivity contribution in [2.75, 3.05) is 0 Å². The number of carbonyl (C=O) groups excluding carboxylic acids is 2. The minimum absolute atomic E-state index is 0.121. The average molecular weight is 540 g/mol. The lowest BCUT2D eigenvalue weighted by atomic mass is 10.0. The number of nitrogens with zero attached hydrogens (tertiary/aromatic N) is 1. The number of benzene rings is 3. The molecule has 8 heteroatoms. The summed E-state index contributed by atoms with van der Waals surface area (Å²) in [6.07, 6.45) is 1.49. The molecule has 1 atom stereocenters. The molecule has 0 aliphatic rings. The van der Waals surface area contributed by atoms with Gasteiger partial charge in [-0.3, -0.25) is 9.59 Å². The first-order valence-corrected chi connectivity index (χ1v) is 11.9. The molecule has 0 bridgehead atoms.